The number of carbonyl (C=O) groups is 2. The number of hydrogen-bond donors (Lipinski definition) is 1. The fourth-order valence-corrected chi connectivity index (χ4v) is 3.36. The Hall–Kier alpha value is -3.96. The van der Waals surface area contributed by atoms with Crippen LogP contribution < -0.4 is 10.2 Å². The van der Waals surface area contributed by atoms with Gasteiger partial charge < -0.3 is 4.74 Å². The molecule has 0 aliphatic rings. The molecule has 0 bridgehead atoms. The van der Waals surface area contributed by atoms with Gasteiger partial charge in [0.15, 0.2) is 0 Å². The Bertz CT molecular complexity index is 1290. The molecule has 1 amide bonds. The Balaban J connectivity index is 1.57. The molecule has 4 rings (SSSR count). The maximum atomic E-state index is 12.6. The molecule has 6 heteroatoms. The Kier molecular flexibility index (Phi) is 6.58. The minimum atomic E-state index is -0.514. The summed E-state index contributed by atoms with van der Waals surface area (Å²) in [6.45, 7) is 0. The van der Waals surface area contributed by atoms with Crippen molar-refractivity contribution in [1.29, 1.82) is 0 Å². The molecule has 158 valence electrons. The van der Waals surface area contributed by atoms with Gasteiger partial charge >= 0.3 is 5.97 Å². The number of hydrazone groups is 1. The summed E-state index contributed by atoms with van der Waals surface area (Å²) in [6, 6.07) is 27.1. The van der Waals surface area contributed by atoms with E-state index in [-0.39, 0.29) is 12.3 Å². The van der Waals surface area contributed by atoms with E-state index in [0.29, 0.717) is 21.9 Å². The van der Waals surface area contributed by atoms with Crippen molar-refractivity contribution in [2.24, 2.45) is 5.10 Å². The van der Waals surface area contributed by atoms with Crippen LogP contribution in [0.5, 0.6) is 5.75 Å². The van der Waals surface area contributed by atoms with Crippen LogP contribution in [0.4, 0.5) is 0 Å². The number of hydrogen-bond acceptors (Lipinski definition) is 4. The summed E-state index contributed by atoms with van der Waals surface area (Å²) in [5, 5.41) is 6.44. The smallest absolute Gasteiger partial charge is 0.343 e. The van der Waals surface area contributed by atoms with Crippen LogP contribution in [0.25, 0.3) is 10.8 Å². The normalized spacial score (nSPS) is 10.9. The summed E-state index contributed by atoms with van der Waals surface area (Å²) in [7, 11) is 0. The molecule has 0 saturated carbocycles. The summed E-state index contributed by atoms with van der Waals surface area (Å²) in [6.07, 6.45) is 1.71. The Morgan fingerprint density at radius 1 is 0.875 bits per heavy atom. The third kappa shape index (κ3) is 5.20. The Morgan fingerprint density at radius 3 is 2.38 bits per heavy atom. The number of fused-ring (bicyclic) bond motifs is 1. The molecule has 1 N–H and O–H groups in total. The number of halogens is 1. The first kappa shape index (κ1) is 21.3. The summed E-state index contributed by atoms with van der Waals surface area (Å²) < 4.78 is 5.65. The third-order valence-electron chi connectivity index (χ3n) is 4.80. The number of rotatable bonds is 6. The largest absolute Gasteiger partial charge is 0.422 e. The zero-order valence-electron chi connectivity index (χ0n) is 17.0. The van der Waals surface area contributed by atoms with E-state index in [4.69, 9.17) is 16.3 Å². The number of nitrogens with zero attached hydrogens (tertiary/aromatic N) is 1. The highest BCUT2D eigenvalue weighted by atomic mass is 35.5. The first-order valence-electron chi connectivity index (χ1n) is 9.95. The van der Waals surface area contributed by atoms with E-state index in [9.17, 15) is 9.59 Å². The van der Waals surface area contributed by atoms with Crippen molar-refractivity contribution in [3.05, 3.63) is 113 Å². The number of ether oxygens (including phenoxy) is 1. The lowest BCUT2D eigenvalue weighted by atomic mass is 10.0. The lowest BCUT2D eigenvalue weighted by Gasteiger charge is -2.10. The van der Waals surface area contributed by atoms with Crippen molar-refractivity contribution >= 4 is 40.5 Å². The molecule has 0 aliphatic carbocycles. The molecular weight excluding hydrogens is 424 g/mol. The number of benzene rings is 4. The van der Waals surface area contributed by atoms with Crippen LogP contribution >= 0.6 is 11.6 Å². The maximum Gasteiger partial charge on any atom is 0.343 e. The molecule has 32 heavy (non-hydrogen) atoms. The van der Waals surface area contributed by atoms with E-state index in [1.54, 1.807) is 30.3 Å². The van der Waals surface area contributed by atoms with Crippen molar-refractivity contribution < 1.29 is 14.3 Å². The van der Waals surface area contributed by atoms with Crippen molar-refractivity contribution in [3.8, 4) is 5.75 Å². The van der Waals surface area contributed by atoms with Gasteiger partial charge in [0.1, 0.15) is 5.75 Å². The summed E-state index contributed by atoms with van der Waals surface area (Å²) >= 11 is 5.90. The summed E-state index contributed by atoms with van der Waals surface area (Å²) in [5.74, 6) is -0.420. The van der Waals surface area contributed by atoms with Crippen molar-refractivity contribution in [3.63, 3.8) is 0 Å². The van der Waals surface area contributed by atoms with Crippen LogP contribution in [0.1, 0.15) is 21.5 Å². The molecule has 0 aliphatic heterocycles. The average molecular weight is 443 g/mol. The second-order valence-electron chi connectivity index (χ2n) is 7.05. The van der Waals surface area contributed by atoms with E-state index in [0.717, 1.165) is 16.3 Å². The number of nitrogens with one attached hydrogen (secondary N) is 1. The second kappa shape index (κ2) is 9.90. The van der Waals surface area contributed by atoms with Gasteiger partial charge in [0, 0.05) is 10.6 Å². The topological polar surface area (TPSA) is 67.8 Å². The first-order valence-corrected chi connectivity index (χ1v) is 10.3. The van der Waals surface area contributed by atoms with Gasteiger partial charge in [-0.15, -0.1) is 0 Å². The predicted molar refractivity (Wildman–Crippen MR) is 126 cm³/mol. The molecule has 0 aromatic heterocycles. The highest BCUT2D eigenvalue weighted by Crippen LogP contribution is 2.27. The highest BCUT2D eigenvalue weighted by molar-refractivity contribution is 6.30. The molecule has 4 aromatic carbocycles. The van der Waals surface area contributed by atoms with E-state index in [2.05, 4.69) is 10.5 Å². The van der Waals surface area contributed by atoms with E-state index in [1.807, 2.05) is 60.7 Å². The van der Waals surface area contributed by atoms with Crippen molar-refractivity contribution in [2.45, 2.75) is 6.42 Å². The SMILES string of the molecule is O=C(Cc1ccccc1)N/N=C\c1c(OC(=O)c2ccc(Cl)cc2)ccc2ccccc12. The number of amides is 1. The highest BCUT2D eigenvalue weighted by Gasteiger charge is 2.13. The predicted octanol–water partition coefficient (Wildman–Crippen LogP) is 5.41. The van der Waals surface area contributed by atoms with Gasteiger partial charge in [-0.05, 0) is 46.7 Å². The van der Waals surface area contributed by atoms with Gasteiger partial charge in [-0.1, -0.05) is 72.3 Å². The van der Waals surface area contributed by atoms with Gasteiger partial charge in [-0.2, -0.15) is 5.10 Å². The van der Waals surface area contributed by atoms with Crippen LogP contribution in [0.15, 0.2) is 96.1 Å². The molecule has 0 radical (unpaired) electrons. The molecule has 4 aromatic rings. The fourth-order valence-electron chi connectivity index (χ4n) is 3.23. The van der Waals surface area contributed by atoms with Gasteiger partial charge in [-0.3, -0.25) is 4.79 Å². The van der Waals surface area contributed by atoms with E-state index < -0.39 is 5.97 Å². The zero-order chi connectivity index (χ0) is 22.3. The molecular formula is C26H19ClN2O3. The van der Waals surface area contributed by atoms with Crippen LogP contribution in [-0.2, 0) is 11.2 Å². The van der Waals surface area contributed by atoms with Crippen molar-refractivity contribution in [2.75, 3.05) is 0 Å². The molecule has 0 atom stereocenters. The standard InChI is InChI=1S/C26H19ClN2O3/c27-21-13-10-20(11-14-21)26(31)32-24-15-12-19-8-4-5-9-22(19)23(24)17-28-29-25(30)16-18-6-2-1-3-7-18/h1-15,17H,16H2,(H,29,30)/b28-17-. The first-order chi connectivity index (χ1) is 15.6. The third-order valence-corrected chi connectivity index (χ3v) is 5.06. The number of carbonyl (C=O) groups excluding carboxylic acids is 2. The molecule has 0 heterocycles. The summed E-state index contributed by atoms with van der Waals surface area (Å²) in [4.78, 5) is 24.8. The zero-order valence-corrected chi connectivity index (χ0v) is 17.8. The van der Waals surface area contributed by atoms with Gasteiger partial charge in [0.05, 0.1) is 18.2 Å². The lowest BCUT2D eigenvalue weighted by Crippen LogP contribution is -2.19. The molecule has 0 saturated heterocycles. The Morgan fingerprint density at radius 2 is 1.59 bits per heavy atom. The molecule has 5 nitrogen and oxygen atoms in total. The number of esters is 1. The van der Waals surface area contributed by atoms with Crippen LogP contribution in [-0.4, -0.2) is 18.1 Å². The lowest BCUT2D eigenvalue weighted by molar-refractivity contribution is -0.120. The average Bonchev–Trinajstić information content (AvgIpc) is 2.81. The monoisotopic (exact) mass is 442 g/mol. The second-order valence-corrected chi connectivity index (χ2v) is 7.49. The minimum absolute atomic E-state index is 0.214. The van der Waals surface area contributed by atoms with Gasteiger partial charge in [-0.25, -0.2) is 10.2 Å². The Labute approximate surface area is 190 Å². The molecule has 0 spiro atoms. The van der Waals surface area contributed by atoms with Gasteiger partial charge in [0.25, 0.3) is 0 Å². The molecule has 0 unspecified atom stereocenters. The van der Waals surface area contributed by atoms with E-state index >= 15 is 0 Å². The van der Waals surface area contributed by atoms with Crippen LogP contribution in [0, 0.1) is 0 Å². The van der Waals surface area contributed by atoms with Crippen LogP contribution in [0.2, 0.25) is 5.02 Å². The summed E-state index contributed by atoms with van der Waals surface area (Å²) in [5.41, 5.74) is 4.39. The van der Waals surface area contributed by atoms with Crippen LogP contribution in [0.3, 0.4) is 0 Å². The minimum Gasteiger partial charge on any atom is -0.422 e. The van der Waals surface area contributed by atoms with Gasteiger partial charge in [0.2, 0.25) is 5.91 Å². The maximum absolute atomic E-state index is 12.6. The van der Waals surface area contributed by atoms with Crippen molar-refractivity contribution in [1.82, 2.24) is 5.43 Å². The van der Waals surface area contributed by atoms with E-state index in [1.165, 1.54) is 6.21 Å². The fraction of sp³-hybridized carbons (Fsp3) is 0.0385. The molecule has 0 fully saturated rings. The quantitative estimate of drug-likeness (QED) is 0.188.